The van der Waals surface area contributed by atoms with Gasteiger partial charge in [0.15, 0.2) is 5.82 Å². The lowest BCUT2D eigenvalue weighted by molar-refractivity contribution is 0.0949. The van der Waals surface area contributed by atoms with Gasteiger partial charge in [-0.15, -0.1) is 10.2 Å². The third-order valence-electron chi connectivity index (χ3n) is 3.13. The minimum Gasteiger partial charge on any atom is -0.345 e. The predicted octanol–water partition coefficient (Wildman–Crippen LogP) is 1.83. The molecule has 0 aliphatic heterocycles. The number of nitrogens with one attached hydrogen (secondary N) is 1. The predicted molar refractivity (Wildman–Crippen MR) is 83.4 cm³/mol. The van der Waals surface area contributed by atoms with Crippen LogP contribution in [-0.4, -0.2) is 30.5 Å². The summed E-state index contributed by atoms with van der Waals surface area (Å²) in [5, 5.41) is 10.9. The number of pyridine rings is 1. The summed E-state index contributed by atoms with van der Waals surface area (Å²) in [5.74, 6) is 0.949. The first-order valence-corrected chi connectivity index (χ1v) is 7.41. The van der Waals surface area contributed by atoms with Crippen LogP contribution in [0.15, 0.2) is 29.0 Å². The maximum absolute atomic E-state index is 12.1. The fraction of sp³-hybridized carbons (Fsp3) is 0.214. The van der Waals surface area contributed by atoms with E-state index < -0.39 is 0 Å². The molecular formula is C14H13BrN6O. The molecular weight excluding hydrogens is 348 g/mol. The van der Waals surface area contributed by atoms with E-state index in [2.05, 4.69) is 41.4 Å². The van der Waals surface area contributed by atoms with Crippen LogP contribution in [0.4, 0.5) is 0 Å². The lowest BCUT2D eigenvalue weighted by atomic mass is 10.3. The number of hydrogen-bond donors (Lipinski definition) is 1. The first kappa shape index (κ1) is 14.6. The van der Waals surface area contributed by atoms with Crippen LogP contribution in [0.2, 0.25) is 0 Å². The molecule has 3 aromatic rings. The highest BCUT2D eigenvalue weighted by molar-refractivity contribution is 9.10. The van der Waals surface area contributed by atoms with E-state index in [0.29, 0.717) is 17.2 Å². The molecule has 0 spiro atoms. The molecule has 0 radical (unpaired) electrons. The van der Waals surface area contributed by atoms with E-state index in [1.54, 1.807) is 12.3 Å². The molecule has 8 heteroatoms. The molecule has 0 aliphatic carbocycles. The van der Waals surface area contributed by atoms with Gasteiger partial charge < -0.3 is 5.32 Å². The van der Waals surface area contributed by atoms with Gasteiger partial charge in [-0.1, -0.05) is 0 Å². The van der Waals surface area contributed by atoms with E-state index >= 15 is 0 Å². The van der Waals surface area contributed by atoms with Gasteiger partial charge in [0, 0.05) is 28.3 Å². The van der Waals surface area contributed by atoms with Gasteiger partial charge in [0.05, 0.1) is 12.1 Å². The summed E-state index contributed by atoms with van der Waals surface area (Å²) in [4.78, 5) is 20.4. The number of hydrogen-bond acceptors (Lipinski definition) is 5. The molecule has 0 aliphatic rings. The van der Waals surface area contributed by atoms with Crippen molar-refractivity contribution in [1.82, 2.24) is 29.9 Å². The Hall–Kier alpha value is -2.35. The maximum Gasteiger partial charge on any atom is 0.255 e. The first-order valence-electron chi connectivity index (χ1n) is 6.61. The molecule has 0 saturated heterocycles. The molecule has 3 heterocycles. The fourth-order valence-corrected chi connectivity index (χ4v) is 2.57. The zero-order valence-corrected chi connectivity index (χ0v) is 13.6. The molecule has 0 unspecified atom stereocenters. The molecule has 0 fully saturated rings. The van der Waals surface area contributed by atoms with Crippen LogP contribution in [0.25, 0.3) is 5.78 Å². The minimum atomic E-state index is -0.219. The van der Waals surface area contributed by atoms with E-state index in [9.17, 15) is 4.79 Å². The Morgan fingerprint density at radius 1 is 1.27 bits per heavy atom. The van der Waals surface area contributed by atoms with Crippen molar-refractivity contribution < 1.29 is 4.79 Å². The summed E-state index contributed by atoms with van der Waals surface area (Å²) in [6, 6.07) is 3.65. The SMILES string of the molecule is Cc1cc(C)n2c(CNC(=O)c3cncc(Br)c3)nnc2n1. The Morgan fingerprint density at radius 3 is 2.86 bits per heavy atom. The standard InChI is InChI=1S/C14H13BrN6O/c1-8-3-9(2)21-12(19-20-14(21)18-8)7-17-13(22)10-4-11(15)6-16-5-10/h3-6H,7H2,1-2H3,(H,17,22). The summed E-state index contributed by atoms with van der Waals surface area (Å²) in [5.41, 5.74) is 2.34. The Bertz CT molecular complexity index is 860. The molecule has 7 nitrogen and oxygen atoms in total. The van der Waals surface area contributed by atoms with Gasteiger partial charge in [0.2, 0.25) is 0 Å². The van der Waals surface area contributed by atoms with E-state index in [-0.39, 0.29) is 12.5 Å². The van der Waals surface area contributed by atoms with E-state index in [1.807, 2.05) is 24.3 Å². The van der Waals surface area contributed by atoms with Gasteiger partial charge in [-0.2, -0.15) is 0 Å². The molecule has 3 rings (SSSR count). The summed E-state index contributed by atoms with van der Waals surface area (Å²) in [6.45, 7) is 4.12. The van der Waals surface area contributed by atoms with Crippen molar-refractivity contribution in [3.63, 3.8) is 0 Å². The molecule has 1 N–H and O–H groups in total. The number of fused-ring (bicyclic) bond motifs is 1. The molecule has 112 valence electrons. The van der Waals surface area contributed by atoms with Gasteiger partial charge >= 0.3 is 0 Å². The summed E-state index contributed by atoms with van der Waals surface area (Å²) >= 11 is 3.29. The number of amides is 1. The number of aryl methyl sites for hydroxylation is 2. The van der Waals surface area contributed by atoms with Gasteiger partial charge in [0.1, 0.15) is 0 Å². The van der Waals surface area contributed by atoms with E-state index in [1.165, 1.54) is 6.20 Å². The second-order valence-corrected chi connectivity index (χ2v) is 5.78. The maximum atomic E-state index is 12.1. The highest BCUT2D eigenvalue weighted by Gasteiger charge is 2.12. The number of aromatic nitrogens is 5. The Labute approximate surface area is 134 Å². The number of carbonyl (C=O) groups excluding carboxylic acids is 1. The van der Waals surface area contributed by atoms with Crippen molar-refractivity contribution in [2.45, 2.75) is 20.4 Å². The van der Waals surface area contributed by atoms with Crippen molar-refractivity contribution >= 4 is 27.6 Å². The highest BCUT2D eigenvalue weighted by Crippen LogP contribution is 2.10. The average Bonchev–Trinajstić information content (AvgIpc) is 2.88. The smallest absolute Gasteiger partial charge is 0.255 e. The molecule has 22 heavy (non-hydrogen) atoms. The number of rotatable bonds is 3. The lowest BCUT2D eigenvalue weighted by Gasteiger charge is -2.06. The second kappa shape index (κ2) is 5.80. The first-order chi connectivity index (χ1) is 10.5. The highest BCUT2D eigenvalue weighted by atomic mass is 79.9. The van der Waals surface area contributed by atoms with Gasteiger partial charge in [-0.3, -0.25) is 14.2 Å². The molecule has 0 atom stereocenters. The summed E-state index contributed by atoms with van der Waals surface area (Å²) in [7, 11) is 0. The molecule has 0 saturated carbocycles. The largest absolute Gasteiger partial charge is 0.345 e. The summed E-state index contributed by atoms with van der Waals surface area (Å²) < 4.78 is 2.58. The Morgan fingerprint density at radius 2 is 2.09 bits per heavy atom. The third-order valence-corrected chi connectivity index (χ3v) is 3.57. The molecule has 0 aromatic carbocycles. The summed E-state index contributed by atoms with van der Waals surface area (Å²) in [6.07, 6.45) is 3.14. The fourth-order valence-electron chi connectivity index (χ4n) is 2.21. The topological polar surface area (TPSA) is 85.1 Å². The van der Waals surface area contributed by atoms with Crippen molar-refractivity contribution in [2.75, 3.05) is 0 Å². The van der Waals surface area contributed by atoms with Crippen LogP contribution in [-0.2, 0) is 6.54 Å². The van der Waals surface area contributed by atoms with Crippen molar-refractivity contribution in [1.29, 1.82) is 0 Å². The zero-order valence-electron chi connectivity index (χ0n) is 12.0. The Balaban J connectivity index is 1.81. The number of carbonyl (C=O) groups is 1. The lowest BCUT2D eigenvalue weighted by Crippen LogP contribution is -2.24. The van der Waals surface area contributed by atoms with Gasteiger partial charge in [-0.25, -0.2) is 4.98 Å². The van der Waals surface area contributed by atoms with Crippen LogP contribution in [0.5, 0.6) is 0 Å². The zero-order chi connectivity index (χ0) is 15.7. The number of nitrogens with zero attached hydrogens (tertiary/aromatic N) is 5. The van der Waals surface area contributed by atoms with Gasteiger partial charge in [-0.05, 0) is 41.9 Å². The van der Waals surface area contributed by atoms with Crippen LogP contribution >= 0.6 is 15.9 Å². The van der Waals surface area contributed by atoms with Crippen molar-refractivity contribution in [3.8, 4) is 0 Å². The monoisotopic (exact) mass is 360 g/mol. The molecule has 1 amide bonds. The third kappa shape index (κ3) is 2.82. The van der Waals surface area contributed by atoms with E-state index in [0.717, 1.165) is 15.9 Å². The normalized spacial score (nSPS) is 10.9. The molecule has 3 aromatic heterocycles. The Kier molecular flexibility index (Phi) is 3.84. The van der Waals surface area contributed by atoms with Crippen LogP contribution in [0, 0.1) is 13.8 Å². The van der Waals surface area contributed by atoms with Crippen molar-refractivity contribution in [3.05, 3.63) is 51.8 Å². The quantitative estimate of drug-likeness (QED) is 0.769. The number of halogens is 1. The van der Waals surface area contributed by atoms with Crippen LogP contribution in [0.1, 0.15) is 27.6 Å². The van der Waals surface area contributed by atoms with Crippen LogP contribution < -0.4 is 5.32 Å². The van der Waals surface area contributed by atoms with E-state index in [4.69, 9.17) is 0 Å². The molecule has 0 bridgehead atoms. The minimum absolute atomic E-state index is 0.219. The van der Waals surface area contributed by atoms with Crippen LogP contribution in [0.3, 0.4) is 0 Å². The van der Waals surface area contributed by atoms with Crippen molar-refractivity contribution in [2.24, 2.45) is 0 Å². The average molecular weight is 361 g/mol. The van der Waals surface area contributed by atoms with Gasteiger partial charge in [0.25, 0.3) is 11.7 Å². The second-order valence-electron chi connectivity index (χ2n) is 4.87.